The average molecular weight is 508 g/mol. The fraction of sp³-hybridized carbons (Fsp3) is 0.233. The molecule has 36 heavy (non-hydrogen) atoms. The molecule has 0 aromatic heterocycles. The summed E-state index contributed by atoms with van der Waals surface area (Å²) in [5.74, 6) is 1.35. The molecule has 0 atom stereocenters. The largest absolute Gasteiger partial charge is 0.489 e. The number of carbonyl (C=O) groups is 1. The van der Waals surface area contributed by atoms with Crippen LogP contribution in [-0.4, -0.2) is 19.1 Å². The van der Waals surface area contributed by atoms with Crippen LogP contribution in [0.3, 0.4) is 0 Å². The van der Waals surface area contributed by atoms with Gasteiger partial charge < -0.3 is 19.9 Å². The van der Waals surface area contributed by atoms with Crippen LogP contribution >= 0.6 is 11.6 Å². The SMILES string of the molecule is C=C(/C=C(/Cl)c1ccccc1C)COc1cccc(OCc2cccc(C)c2OCC(N)=O)c1.CC. The quantitative estimate of drug-likeness (QED) is 0.284. The second kappa shape index (κ2) is 14.6. The molecule has 0 unspecified atom stereocenters. The Bertz CT molecular complexity index is 1200. The lowest BCUT2D eigenvalue weighted by Gasteiger charge is -2.14. The molecule has 190 valence electrons. The normalized spacial score (nSPS) is 10.6. The number of hydrogen-bond donors (Lipinski definition) is 1. The molecular formula is C30H34ClNO4. The highest BCUT2D eigenvalue weighted by atomic mass is 35.5. The third kappa shape index (κ3) is 8.82. The molecule has 0 saturated heterocycles. The van der Waals surface area contributed by atoms with Crippen molar-refractivity contribution in [3.8, 4) is 17.2 Å². The van der Waals surface area contributed by atoms with Crippen molar-refractivity contribution in [2.45, 2.75) is 34.3 Å². The molecule has 3 aromatic rings. The Balaban J connectivity index is 0.00000222. The number of hydrogen-bond acceptors (Lipinski definition) is 4. The number of primary amides is 1. The summed E-state index contributed by atoms with van der Waals surface area (Å²) in [4.78, 5) is 11.1. The molecule has 0 bridgehead atoms. The molecule has 0 aliphatic heterocycles. The zero-order chi connectivity index (χ0) is 26.5. The van der Waals surface area contributed by atoms with E-state index in [1.807, 2.05) is 94.4 Å². The number of para-hydroxylation sites is 1. The number of carbonyl (C=O) groups excluding carboxylic acids is 1. The second-order valence-electron chi connectivity index (χ2n) is 7.84. The van der Waals surface area contributed by atoms with Gasteiger partial charge in [0.05, 0.1) is 0 Å². The van der Waals surface area contributed by atoms with Crippen molar-refractivity contribution in [1.82, 2.24) is 0 Å². The zero-order valence-corrected chi connectivity index (χ0v) is 22.1. The lowest BCUT2D eigenvalue weighted by molar-refractivity contribution is -0.119. The van der Waals surface area contributed by atoms with E-state index < -0.39 is 5.91 Å². The summed E-state index contributed by atoms with van der Waals surface area (Å²) in [5, 5.41) is 0.622. The Labute approximate surface area is 219 Å². The Morgan fingerprint density at radius 3 is 2.22 bits per heavy atom. The van der Waals surface area contributed by atoms with Crippen LogP contribution in [0.1, 0.15) is 36.1 Å². The molecule has 3 rings (SSSR count). The predicted octanol–water partition coefficient (Wildman–Crippen LogP) is 6.99. The minimum Gasteiger partial charge on any atom is -0.489 e. The van der Waals surface area contributed by atoms with E-state index >= 15 is 0 Å². The molecule has 0 radical (unpaired) electrons. The Morgan fingerprint density at radius 2 is 1.53 bits per heavy atom. The maximum atomic E-state index is 11.1. The first-order chi connectivity index (χ1) is 17.3. The molecule has 2 N–H and O–H groups in total. The molecule has 0 aliphatic carbocycles. The van der Waals surface area contributed by atoms with Crippen LogP contribution in [0.15, 0.2) is 85.0 Å². The maximum absolute atomic E-state index is 11.1. The molecule has 0 aliphatic rings. The predicted molar refractivity (Wildman–Crippen MR) is 148 cm³/mol. The summed E-state index contributed by atoms with van der Waals surface area (Å²) in [7, 11) is 0. The lowest BCUT2D eigenvalue weighted by Crippen LogP contribution is -2.21. The van der Waals surface area contributed by atoms with Crippen molar-refractivity contribution in [1.29, 1.82) is 0 Å². The fourth-order valence-electron chi connectivity index (χ4n) is 3.31. The number of benzene rings is 3. The monoisotopic (exact) mass is 507 g/mol. The van der Waals surface area contributed by atoms with Crippen LogP contribution in [0, 0.1) is 13.8 Å². The number of amides is 1. The lowest BCUT2D eigenvalue weighted by atomic mass is 10.1. The van der Waals surface area contributed by atoms with Crippen LogP contribution in [-0.2, 0) is 11.4 Å². The molecule has 6 heteroatoms. The summed E-state index contributed by atoms with van der Waals surface area (Å²) in [6, 6.07) is 21.0. The molecule has 0 fully saturated rings. The molecule has 0 spiro atoms. The van der Waals surface area contributed by atoms with Gasteiger partial charge in [-0.2, -0.15) is 0 Å². The number of nitrogens with two attached hydrogens (primary N) is 1. The van der Waals surface area contributed by atoms with Gasteiger partial charge in [0.2, 0.25) is 0 Å². The third-order valence-corrected chi connectivity index (χ3v) is 5.32. The van der Waals surface area contributed by atoms with Gasteiger partial charge in [-0.1, -0.05) is 80.6 Å². The first kappa shape index (κ1) is 28.5. The zero-order valence-electron chi connectivity index (χ0n) is 21.3. The molecule has 1 amide bonds. The number of rotatable bonds is 11. The van der Waals surface area contributed by atoms with Crippen molar-refractivity contribution in [3.05, 3.63) is 107 Å². The third-order valence-electron chi connectivity index (χ3n) is 5.01. The van der Waals surface area contributed by atoms with Crippen molar-refractivity contribution in [2.75, 3.05) is 13.2 Å². The summed E-state index contributed by atoms with van der Waals surface area (Å²) in [6.07, 6.45) is 1.82. The van der Waals surface area contributed by atoms with E-state index in [9.17, 15) is 4.79 Å². The van der Waals surface area contributed by atoms with Crippen LogP contribution in [0.2, 0.25) is 0 Å². The summed E-state index contributed by atoms with van der Waals surface area (Å²) < 4.78 is 17.4. The number of ether oxygens (including phenoxy) is 3. The minimum atomic E-state index is -0.531. The number of aryl methyl sites for hydroxylation is 2. The molecule has 3 aromatic carbocycles. The Kier molecular flexibility index (Phi) is 11.6. The maximum Gasteiger partial charge on any atom is 0.255 e. The Hall–Kier alpha value is -3.70. The molecule has 5 nitrogen and oxygen atoms in total. The first-order valence-corrected chi connectivity index (χ1v) is 12.2. The van der Waals surface area contributed by atoms with E-state index in [-0.39, 0.29) is 19.8 Å². The van der Waals surface area contributed by atoms with Gasteiger partial charge in [0, 0.05) is 16.7 Å². The van der Waals surface area contributed by atoms with Gasteiger partial charge in [0.1, 0.15) is 30.5 Å². The average Bonchev–Trinajstić information content (AvgIpc) is 2.87. The van der Waals surface area contributed by atoms with Crippen LogP contribution in [0.25, 0.3) is 5.03 Å². The van der Waals surface area contributed by atoms with Gasteiger partial charge in [-0.25, -0.2) is 0 Å². The standard InChI is InChI=1S/C28H28ClNO4.C2H6/c1-19(14-26(29)25-13-5-4-8-20(25)2)16-32-23-11-7-12-24(15-23)33-17-22-10-6-9-21(3)28(22)34-18-27(30)31;1-2/h4-15H,1,16-18H2,2-3H3,(H2,30,31);1-2H3/b26-14+;. The van der Waals surface area contributed by atoms with E-state index in [1.54, 1.807) is 6.07 Å². The van der Waals surface area contributed by atoms with E-state index in [0.717, 1.165) is 27.8 Å². The summed E-state index contributed by atoms with van der Waals surface area (Å²) in [6.45, 7) is 12.3. The van der Waals surface area contributed by atoms with Crippen molar-refractivity contribution in [2.24, 2.45) is 5.73 Å². The second-order valence-corrected chi connectivity index (χ2v) is 8.24. The Morgan fingerprint density at radius 1 is 0.889 bits per heavy atom. The smallest absolute Gasteiger partial charge is 0.255 e. The van der Waals surface area contributed by atoms with Gasteiger partial charge in [-0.05, 0) is 54.3 Å². The number of halogens is 1. The summed E-state index contributed by atoms with van der Waals surface area (Å²) >= 11 is 6.47. The molecule has 0 saturated carbocycles. The van der Waals surface area contributed by atoms with E-state index in [4.69, 9.17) is 31.5 Å². The fourth-order valence-corrected chi connectivity index (χ4v) is 3.67. The summed E-state index contributed by atoms with van der Waals surface area (Å²) in [5.41, 5.74) is 9.73. The van der Waals surface area contributed by atoms with Crippen molar-refractivity contribution >= 4 is 22.5 Å². The molecular weight excluding hydrogens is 474 g/mol. The van der Waals surface area contributed by atoms with Gasteiger partial charge in [0.15, 0.2) is 6.61 Å². The van der Waals surface area contributed by atoms with E-state index in [1.165, 1.54) is 0 Å². The van der Waals surface area contributed by atoms with E-state index in [2.05, 4.69) is 6.58 Å². The van der Waals surface area contributed by atoms with Gasteiger partial charge in [-0.3, -0.25) is 4.79 Å². The van der Waals surface area contributed by atoms with E-state index in [0.29, 0.717) is 22.3 Å². The van der Waals surface area contributed by atoms with Gasteiger partial charge >= 0.3 is 0 Å². The topological polar surface area (TPSA) is 70.8 Å². The van der Waals surface area contributed by atoms with Crippen LogP contribution in [0.5, 0.6) is 17.2 Å². The first-order valence-electron chi connectivity index (χ1n) is 11.8. The minimum absolute atomic E-state index is 0.187. The van der Waals surface area contributed by atoms with Crippen molar-refractivity contribution in [3.63, 3.8) is 0 Å². The highest BCUT2D eigenvalue weighted by Crippen LogP contribution is 2.27. The van der Waals surface area contributed by atoms with Crippen LogP contribution < -0.4 is 19.9 Å². The molecule has 0 heterocycles. The van der Waals surface area contributed by atoms with Crippen LogP contribution in [0.4, 0.5) is 0 Å². The van der Waals surface area contributed by atoms with Gasteiger partial charge in [-0.15, -0.1) is 0 Å². The van der Waals surface area contributed by atoms with Crippen molar-refractivity contribution < 1.29 is 19.0 Å². The highest BCUT2D eigenvalue weighted by Gasteiger charge is 2.10. The van der Waals surface area contributed by atoms with Gasteiger partial charge in [0.25, 0.3) is 5.91 Å². The highest BCUT2D eigenvalue weighted by molar-refractivity contribution is 6.49.